The minimum absolute atomic E-state index is 0.0854. The Hall–Kier alpha value is -1.84. The molecule has 1 saturated heterocycles. The summed E-state index contributed by atoms with van der Waals surface area (Å²) in [5.74, 6) is 0.946. The van der Waals surface area contributed by atoms with Crippen molar-refractivity contribution in [2.75, 3.05) is 32.2 Å². The molecule has 2 aliphatic carbocycles. The zero-order valence-corrected chi connectivity index (χ0v) is 19.1. The minimum Gasteiger partial charge on any atom is -0.372 e. The predicted molar refractivity (Wildman–Crippen MR) is 127 cm³/mol. The first-order valence-corrected chi connectivity index (χ1v) is 12.1. The van der Waals surface area contributed by atoms with E-state index in [1.54, 1.807) is 14.2 Å². The lowest BCUT2D eigenvalue weighted by Crippen LogP contribution is -2.39. The molecule has 1 saturated carbocycles. The largest absolute Gasteiger partial charge is 0.372 e. The van der Waals surface area contributed by atoms with E-state index in [2.05, 4.69) is 41.3 Å². The Morgan fingerprint density at radius 2 is 1.68 bits per heavy atom. The average Bonchev–Trinajstić information content (AvgIpc) is 3.29. The Kier molecular flexibility index (Phi) is 5.72. The van der Waals surface area contributed by atoms with Crippen molar-refractivity contribution >= 4 is 5.69 Å². The quantitative estimate of drug-likeness (QED) is 0.541. The predicted octanol–water partition coefficient (Wildman–Crippen LogP) is 6.16. The molecular formula is C28H37NO2. The summed E-state index contributed by atoms with van der Waals surface area (Å²) in [5.41, 5.74) is 6.08. The van der Waals surface area contributed by atoms with Crippen LogP contribution in [-0.2, 0) is 15.9 Å². The third-order valence-electron chi connectivity index (χ3n) is 8.38. The van der Waals surface area contributed by atoms with Crippen LogP contribution in [0.1, 0.15) is 68.9 Å². The second-order valence-corrected chi connectivity index (χ2v) is 9.88. The van der Waals surface area contributed by atoms with Gasteiger partial charge in [-0.25, -0.2) is 0 Å². The summed E-state index contributed by atoms with van der Waals surface area (Å²) < 4.78 is 19.1. The molecule has 0 N–H and O–H groups in total. The maximum atomic E-state index is 8.09. The molecule has 1 heterocycles. The molecule has 3 nitrogen and oxygen atoms in total. The van der Waals surface area contributed by atoms with Crippen molar-refractivity contribution in [2.45, 2.75) is 63.6 Å². The summed E-state index contributed by atoms with van der Waals surface area (Å²) in [4.78, 5) is 2.51. The van der Waals surface area contributed by atoms with Gasteiger partial charge in [-0.2, -0.15) is 0 Å². The Morgan fingerprint density at radius 1 is 0.968 bits per heavy atom. The van der Waals surface area contributed by atoms with E-state index in [-0.39, 0.29) is 6.29 Å². The van der Waals surface area contributed by atoms with E-state index >= 15 is 0 Å². The highest BCUT2D eigenvalue weighted by Gasteiger charge is 2.45. The van der Waals surface area contributed by atoms with Gasteiger partial charge >= 0.3 is 0 Å². The number of hydrogen-bond acceptors (Lipinski definition) is 3. The summed E-state index contributed by atoms with van der Waals surface area (Å²) in [6.45, 7) is 2.10. The van der Waals surface area contributed by atoms with Crippen LogP contribution in [0.4, 0.5) is 5.69 Å². The molecule has 1 aliphatic heterocycles. The topological polar surface area (TPSA) is 21.7 Å². The van der Waals surface area contributed by atoms with Gasteiger partial charge in [0.15, 0.2) is 6.29 Å². The van der Waals surface area contributed by atoms with E-state index in [9.17, 15) is 0 Å². The van der Waals surface area contributed by atoms with Crippen molar-refractivity contribution in [2.24, 2.45) is 11.3 Å². The number of methoxy groups -OCH3 is 2. The van der Waals surface area contributed by atoms with Crippen molar-refractivity contribution in [1.82, 2.24) is 0 Å². The molecule has 1 atom stereocenters. The number of rotatable bonds is 5. The summed E-state index contributed by atoms with van der Waals surface area (Å²) in [7, 11) is 3.48. The second kappa shape index (κ2) is 8.96. The fraction of sp³-hybridized carbons (Fsp3) is 0.571. The number of piperidine rings is 1. The van der Waals surface area contributed by atoms with Crippen LogP contribution in [0.3, 0.4) is 0 Å². The zero-order valence-electron chi connectivity index (χ0n) is 20.1. The van der Waals surface area contributed by atoms with Crippen LogP contribution in [0, 0.1) is 11.3 Å². The van der Waals surface area contributed by atoms with Gasteiger partial charge in [0.25, 0.3) is 0 Å². The highest BCUT2D eigenvalue weighted by molar-refractivity contribution is 5.51. The molecule has 2 aromatic carbocycles. The van der Waals surface area contributed by atoms with E-state index in [1.165, 1.54) is 54.5 Å². The highest BCUT2D eigenvalue weighted by Crippen LogP contribution is 2.57. The molecule has 31 heavy (non-hydrogen) atoms. The van der Waals surface area contributed by atoms with Crippen LogP contribution >= 0.6 is 0 Å². The molecule has 0 bridgehead atoms. The van der Waals surface area contributed by atoms with Gasteiger partial charge in [-0.1, -0.05) is 49.2 Å². The van der Waals surface area contributed by atoms with Gasteiger partial charge < -0.3 is 14.4 Å². The number of hydrogen-bond donors (Lipinski definition) is 0. The van der Waals surface area contributed by atoms with E-state index in [4.69, 9.17) is 10.8 Å². The standard InChI is InChI=1S/C28H37NO2/c1-30-27(31-2)23-14-19-29(20-15-23)24-11-9-22(10-12-24)26-25-8-4-3-7-21(25)13-18-28(26)16-5-6-17-28/h3-4,7-12,23,26-27H,5-6,13-20H2,1-2H3/i3D. The Morgan fingerprint density at radius 3 is 2.35 bits per heavy atom. The minimum atomic E-state index is -0.0854. The van der Waals surface area contributed by atoms with Crippen LogP contribution in [-0.4, -0.2) is 33.6 Å². The Balaban J connectivity index is 1.37. The molecule has 3 heteroatoms. The number of anilines is 1. The number of ether oxygens (including phenoxy) is 2. The summed E-state index contributed by atoms with van der Waals surface area (Å²) >= 11 is 0. The fourth-order valence-electron chi connectivity index (χ4n) is 6.77. The molecule has 5 rings (SSSR count). The van der Waals surface area contributed by atoms with Gasteiger partial charge in [0.1, 0.15) is 0 Å². The van der Waals surface area contributed by atoms with E-state index in [0.717, 1.165) is 32.4 Å². The first kappa shape index (κ1) is 19.8. The lowest BCUT2D eigenvalue weighted by molar-refractivity contribution is -0.141. The highest BCUT2D eigenvalue weighted by atomic mass is 16.7. The molecular weight excluding hydrogens is 382 g/mol. The summed E-state index contributed by atoms with van der Waals surface area (Å²) in [5, 5.41) is 0. The number of fused-ring (bicyclic) bond motifs is 1. The van der Waals surface area contributed by atoms with Gasteiger partial charge in [0, 0.05) is 44.8 Å². The summed E-state index contributed by atoms with van der Waals surface area (Å²) in [6.07, 6.45) is 9.92. The van der Waals surface area contributed by atoms with Crippen molar-refractivity contribution < 1.29 is 10.8 Å². The average molecular weight is 421 g/mol. The van der Waals surface area contributed by atoms with Crippen LogP contribution in [0.5, 0.6) is 0 Å². The van der Waals surface area contributed by atoms with Gasteiger partial charge in [-0.3, -0.25) is 0 Å². The normalized spacial score (nSPS) is 23.9. The second-order valence-electron chi connectivity index (χ2n) is 9.88. The monoisotopic (exact) mass is 420 g/mol. The van der Waals surface area contributed by atoms with Crippen LogP contribution < -0.4 is 4.90 Å². The first-order chi connectivity index (χ1) is 15.6. The van der Waals surface area contributed by atoms with Crippen molar-refractivity contribution in [3.63, 3.8) is 0 Å². The lowest BCUT2D eigenvalue weighted by Gasteiger charge is -2.43. The maximum Gasteiger partial charge on any atom is 0.159 e. The molecule has 0 radical (unpaired) electrons. The lowest BCUT2D eigenvalue weighted by atomic mass is 9.61. The first-order valence-electron chi connectivity index (χ1n) is 12.6. The van der Waals surface area contributed by atoms with E-state index in [1.807, 2.05) is 6.07 Å². The van der Waals surface area contributed by atoms with Gasteiger partial charge in [0.2, 0.25) is 0 Å². The van der Waals surface area contributed by atoms with Crippen LogP contribution in [0.15, 0.2) is 48.5 Å². The molecule has 166 valence electrons. The summed E-state index contributed by atoms with van der Waals surface area (Å²) in [6, 6.07) is 16.5. The van der Waals surface area contributed by atoms with Crippen LogP contribution in [0.2, 0.25) is 0 Å². The SMILES string of the molecule is [2H]c1ccc2c(c1)CCC1(CCCC1)C2c1ccc(N2CCC(C(OC)OC)CC2)cc1. The van der Waals surface area contributed by atoms with Crippen molar-refractivity contribution in [1.29, 1.82) is 0 Å². The Bertz CT molecular complexity index is 910. The van der Waals surface area contributed by atoms with E-state index < -0.39 is 0 Å². The number of nitrogens with zero attached hydrogens (tertiary/aromatic N) is 1. The fourth-order valence-corrected chi connectivity index (χ4v) is 6.77. The maximum absolute atomic E-state index is 8.09. The molecule has 3 aliphatic rings. The third kappa shape index (κ3) is 3.91. The molecule has 0 aromatic heterocycles. The Labute approximate surface area is 189 Å². The number of benzene rings is 2. The van der Waals surface area contributed by atoms with E-state index in [0.29, 0.717) is 23.3 Å². The molecule has 1 unspecified atom stereocenters. The molecule has 2 fully saturated rings. The molecule has 0 amide bonds. The zero-order chi connectivity index (χ0) is 22.1. The number of aryl methyl sites for hydroxylation is 1. The van der Waals surface area contributed by atoms with Crippen molar-refractivity contribution in [3.8, 4) is 0 Å². The molecule has 1 spiro atoms. The van der Waals surface area contributed by atoms with Crippen LogP contribution in [0.25, 0.3) is 0 Å². The van der Waals surface area contributed by atoms with Gasteiger partial charge in [0.05, 0.1) is 1.37 Å². The van der Waals surface area contributed by atoms with Crippen molar-refractivity contribution in [3.05, 3.63) is 65.2 Å². The molecule has 2 aromatic rings. The third-order valence-corrected chi connectivity index (χ3v) is 8.38. The van der Waals surface area contributed by atoms with Gasteiger partial charge in [-0.05, 0) is 72.8 Å². The van der Waals surface area contributed by atoms with Gasteiger partial charge in [-0.15, -0.1) is 0 Å². The smallest absolute Gasteiger partial charge is 0.159 e.